The number of carbonyl (C=O) groups excluding carboxylic acids is 1. The van der Waals surface area contributed by atoms with Gasteiger partial charge in [-0.25, -0.2) is 4.98 Å². The maximum absolute atomic E-state index is 12.4. The van der Waals surface area contributed by atoms with E-state index in [0.717, 1.165) is 29.4 Å². The van der Waals surface area contributed by atoms with Crippen LogP contribution in [0.4, 0.5) is 5.13 Å². The molecule has 25 heavy (non-hydrogen) atoms. The van der Waals surface area contributed by atoms with Crippen molar-refractivity contribution in [3.05, 3.63) is 40.8 Å². The molecular weight excluding hydrogens is 336 g/mol. The highest BCUT2D eigenvalue weighted by Crippen LogP contribution is 2.33. The molecule has 1 fully saturated rings. The first-order chi connectivity index (χ1) is 12.0. The van der Waals surface area contributed by atoms with Crippen molar-refractivity contribution in [2.75, 3.05) is 31.1 Å². The molecule has 4 rings (SSSR count). The smallest absolute Gasteiger partial charge is 0.292 e. The molecule has 0 N–H and O–H groups in total. The number of hydrogen-bond donors (Lipinski definition) is 0. The van der Waals surface area contributed by atoms with Crippen LogP contribution in [0.1, 0.15) is 27.4 Å². The van der Waals surface area contributed by atoms with Crippen LogP contribution >= 0.6 is 11.3 Å². The number of amides is 1. The molecular formula is C18H20N4O2S. The zero-order valence-electron chi connectivity index (χ0n) is 14.6. The fourth-order valence-electron chi connectivity index (χ4n) is 3.10. The van der Waals surface area contributed by atoms with Crippen molar-refractivity contribution in [1.29, 1.82) is 0 Å². The number of anilines is 1. The maximum atomic E-state index is 12.4. The number of aryl methyl sites for hydroxylation is 3. The summed E-state index contributed by atoms with van der Waals surface area (Å²) in [6, 6.07) is 5.96. The van der Waals surface area contributed by atoms with Crippen LogP contribution in [-0.4, -0.2) is 47.1 Å². The Morgan fingerprint density at radius 2 is 1.84 bits per heavy atom. The molecule has 3 heterocycles. The molecule has 0 aliphatic carbocycles. The average molecular weight is 356 g/mol. The van der Waals surface area contributed by atoms with Crippen molar-refractivity contribution in [2.45, 2.75) is 20.8 Å². The van der Waals surface area contributed by atoms with Crippen molar-refractivity contribution in [2.24, 2.45) is 0 Å². The lowest BCUT2D eigenvalue weighted by atomic mass is 10.1. The summed E-state index contributed by atoms with van der Waals surface area (Å²) in [6.07, 6.45) is 0. The van der Waals surface area contributed by atoms with Gasteiger partial charge in [-0.2, -0.15) is 0 Å². The lowest BCUT2D eigenvalue weighted by Crippen LogP contribution is -2.48. The number of hydrogen-bond acceptors (Lipinski definition) is 6. The minimum absolute atomic E-state index is 0.0868. The molecule has 1 amide bonds. The summed E-state index contributed by atoms with van der Waals surface area (Å²) >= 11 is 1.74. The van der Waals surface area contributed by atoms with Gasteiger partial charge in [0.05, 0.1) is 15.9 Å². The predicted molar refractivity (Wildman–Crippen MR) is 98.5 cm³/mol. The third-order valence-electron chi connectivity index (χ3n) is 4.61. The molecule has 3 aromatic rings. The summed E-state index contributed by atoms with van der Waals surface area (Å²) in [5, 5.41) is 4.83. The fourth-order valence-corrected chi connectivity index (χ4v) is 4.27. The highest BCUT2D eigenvalue weighted by molar-refractivity contribution is 7.22. The molecule has 1 saturated heterocycles. The van der Waals surface area contributed by atoms with E-state index in [4.69, 9.17) is 9.51 Å². The van der Waals surface area contributed by atoms with E-state index in [0.29, 0.717) is 18.8 Å². The topological polar surface area (TPSA) is 62.5 Å². The van der Waals surface area contributed by atoms with Crippen LogP contribution < -0.4 is 4.90 Å². The van der Waals surface area contributed by atoms with E-state index in [9.17, 15) is 4.79 Å². The largest absolute Gasteiger partial charge is 0.351 e. The van der Waals surface area contributed by atoms with E-state index in [1.807, 2.05) is 11.8 Å². The van der Waals surface area contributed by atoms with Gasteiger partial charge in [0.25, 0.3) is 5.91 Å². The van der Waals surface area contributed by atoms with Crippen LogP contribution in [0.25, 0.3) is 10.2 Å². The summed E-state index contributed by atoms with van der Waals surface area (Å²) in [4.78, 5) is 21.4. The fraction of sp³-hybridized carbons (Fsp3) is 0.389. The molecule has 2 aromatic heterocycles. The number of carbonyl (C=O) groups is 1. The molecule has 7 heteroatoms. The number of nitrogens with zero attached hydrogens (tertiary/aromatic N) is 4. The second-order valence-corrected chi connectivity index (χ2v) is 7.46. The Balaban J connectivity index is 1.49. The Morgan fingerprint density at radius 3 is 2.48 bits per heavy atom. The molecule has 0 unspecified atom stereocenters. The Bertz CT molecular complexity index is 899. The molecule has 1 aromatic carbocycles. The van der Waals surface area contributed by atoms with Gasteiger partial charge >= 0.3 is 0 Å². The van der Waals surface area contributed by atoms with E-state index in [1.165, 1.54) is 15.8 Å². The second kappa shape index (κ2) is 6.15. The van der Waals surface area contributed by atoms with Gasteiger partial charge in [-0.1, -0.05) is 28.6 Å². The molecule has 0 bridgehead atoms. The lowest BCUT2D eigenvalue weighted by molar-refractivity contribution is 0.0704. The van der Waals surface area contributed by atoms with Crippen LogP contribution in [0.5, 0.6) is 0 Å². The lowest BCUT2D eigenvalue weighted by Gasteiger charge is -2.33. The first-order valence-electron chi connectivity index (χ1n) is 8.37. The van der Waals surface area contributed by atoms with Crippen molar-refractivity contribution in [3.8, 4) is 0 Å². The molecule has 1 aliphatic rings. The van der Waals surface area contributed by atoms with Gasteiger partial charge in [-0.15, -0.1) is 0 Å². The van der Waals surface area contributed by atoms with Gasteiger partial charge in [-0.05, 0) is 31.9 Å². The number of benzene rings is 1. The second-order valence-electron chi connectivity index (χ2n) is 6.49. The van der Waals surface area contributed by atoms with Gasteiger partial charge < -0.3 is 14.3 Å². The van der Waals surface area contributed by atoms with E-state index in [-0.39, 0.29) is 5.91 Å². The zero-order chi connectivity index (χ0) is 17.6. The Kier molecular flexibility index (Phi) is 3.95. The van der Waals surface area contributed by atoms with E-state index < -0.39 is 0 Å². The van der Waals surface area contributed by atoms with Gasteiger partial charge in [0.1, 0.15) is 0 Å². The van der Waals surface area contributed by atoms with Crippen molar-refractivity contribution in [1.82, 2.24) is 15.0 Å². The van der Waals surface area contributed by atoms with Crippen molar-refractivity contribution in [3.63, 3.8) is 0 Å². The number of thiazole rings is 1. The van der Waals surface area contributed by atoms with E-state index in [1.54, 1.807) is 17.4 Å². The van der Waals surface area contributed by atoms with Gasteiger partial charge in [-0.3, -0.25) is 4.79 Å². The first kappa shape index (κ1) is 16.1. The summed E-state index contributed by atoms with van der Waals surface area (Å²) in [5.74, 6) is 0.230. The minimum atomic E-state index is -0.0868. The number of piperazine rings is 1. The molecule has 1 aliphatic heterocycles. The van der Waals surface area contributed by atoms with Crippen LogP contribution in [0.3, 0.4) is 0 Å². The Morgan fingerprint density at radius 1 is 1.12 bits per heavy atom. The molecule has 0 spiro atoms. The van der Waals surface area contributed by atoms with Gasteiger partial charge in [0.15, 0.2) is 5.13 Å². The van der Waals surface area contributed by atoms with Crippen molar-refractivity contribution < 1.29 is 9.32 Å². The Labute approximate surface area is 150 Å². The Hall–Kier alpha value is -2.41. The standard InChI is InChI=1S/C18H20N4O2S/c1-11-4-5-12(2)16-15(11)19-18(25-16)22-8-6-21(7-9-22)17(23)14-10-13(3)20-24-14/h4-5,10H,6-9H2,1-3H3. The first-order valence-corrected chi connectivity index (χ1v) is 9.19. The number of aromatic nitrogens is 2. The van der Waals surface area contributed by atoms with Crippen LogP contribution in [0, 0.1) is 20.8 Å². The predicted octanol–water partition coefficient (Wildman–Crippen LogP) is 3.17. The zero-order valence-corrected chi connectivity index (χ0v) is 15.4. The highest BCUT2D eigenvalue weighted by Gasteiger charge is 2.26. The van der Waals surface area contributed by atoms with Crippen LogP contribution in [-0.2, 0) is 0 Å². The molecule has 130 valence electrons. The molecule has 0 saturated carbocycles. The third-order valence-corrected chi connectivity index (χ3v) is 5.86. The van der Waals surface area contributed by atoms with Gasteiger partial charge in [0, 0.05) is 32.2 Å². The minimum Gasteiger partial charge on any atom is -0.351 e. The summed E-state index contributed by atoms with van der Waals surface area (Å²) in [5.41, 5.74) is 4.29. The summed E-state index contributed by atoms with van der Waals surface area (Å²) < 4.78 is 6.35. The van der Waals surface area contributed by atoms with Crippen molar-refractivity contribution >= 4 is 32.6 Å². The molecule has 0 radical (unpaired) electrons. The maximum Gasteiger partial charge on any atom is 0.292 e. The third kappa shape index (κ3) is 2.89. The van der Waals surface area contributed by atoms with Crippen LogP contribution in [0.2, 0.25) is 0 Å². The molecule has 0 atom stereocenters. The highest BCUT2D eigenvalue weighted by atomic mass is 32.1. The van der Waals surface area contributed by atoms with Gasteiger partial charge in [0.2, 0.25) is 5.76 Å². The quantitative estimate of drug-likeness (QED) is 0.706. The number of rotatable bonds is 2. The summed E-state index contributed by atoms with van der Waals surface area (Å²) in [7, 11) is 0. The summed E-state index contributed by atoms with van der Waals surface area (Å²) in [6.45, 7) is 8.91. The van der Waals surface area contributed by atoms with E-state index in [2.05, 4.69) is 36.0 Å². The monoisotopic (exact) mass is 356 g/mol. The molecule has 6 nitrogen and oxygen atoms in total. The average Bonchev–Trinajstić information content (AvgIpc) is 3.25. The normalized spacial score (nSPS) is 15.2. The van der Waals surface area contributed by atoms with E-state index >= 15 is 0 Å². The number of fused-ring (bicyclic) bond motifs is 1. The van der Waals surface area contributed by atoms with Crippen LogP contribution in [0.15, 0.2) is 22.7 Å². The SMILES string of the molecule is Cc1cc(C(=O)N2CCN(c3nc4c(C)ccc(C)c4s3)CC2)on1.